The van der Waals surface area contributed by atoms with Gasteiger partial charge in [-0.1, -0.05) is 20.8 Å². The Morgan fingerprint density at radius 1 is 0.939 bits per heavy atom. The Bertz CT molecular complexity index is 788. The molecule has 10 unspecified atom stereocenters. The maximum absolute atomic E-state index is 11.2. The summed E-state index contributed by atoms with van der Waals surface area (Å²) in [6, 6.07) is 0. The van der Waals surface area contributed by atoms with Crippen LogP contribution >= 0.6 is 11.8 Å². The number of aliphatic hydroxyl groups excluding tert-OH is 2. The highest BCUT2D eigenvalue weighted by molar-refractivity contribution is 8.00. The van der Waals surface area contributed by atoms with E-state index in [0.29, 0.717) is 34.8 Å². The summed E-state index contributed by atoms with van der Waals surface area (Å²) in [5.74, 6) is 4.99. The zero-order chi connectivity index (χ0) is 24.0. The van der Waals surface area contributed by atoms with Crippen molar-refractivity contribution < 1.29 is 23.2 Å². The summed E-state index contributed by atoms with van der Waals surface area (Å²) >= 11 is 1.63. The molecule has 0 aliphatic heterocycles. The van der Waals surface area contributed by atoms with Crippen molar-refractivity contribution in [2.75, 3.05) is 17.3 Å². The Balaban J connectivity index is 1.36. The molecule has 4 saturated carbocycles. The van der Waals surface area contributed by atoms with Gasteiger partial charge in [-0.3, -0.25) is 4.55 Å². The van der Waals surface area contributed by atoms with Crippen molar-refractivity contribution in [3.63, 3.8) is 0 Å². The Hall–Kier alpha value is 0.180. The SMILES string of the molecule is CC(CCCSCCS(=O)(=O)O)C1CCC2C3CC(O)C4CC(O)CCC4(C)C3CCC12C. The quantitative estimate of drug-likeness (QED) is 0.319. The van der Waals surface area contributed by atoms with Crippen LogP contribution in [0.25, 0.3) is 0 Å². The van der Waals surface area contributed by atoms with Gasteiger partial charge in [0.15, 0.2) is 0 Å². The minimum atomic E-state index is -3.84. The maximum atomic E-state index is 11.2. The van der Waals surface area contributed by atoms with Crippen LogP contribution in [0.5, 0.6) is 0 Å². The summed E-state index contributed by atoms with van der Waals surface area (Å²) in [6.07, 6.45) is 10.6. The van der Waals surface area contributed by atoms with Crippen LogP contribution in [0.3, 0.4) is 0 Å². The summed E-state index contributed by atoms with van der Waals surface area (Å²) in [7, 11) is -3.84. The molecule has 33 heavy (non-hydrogen) atoms. The smallest absolute Gasteiger partial charge is 0.265 e. The van der Waals surface area contributed by atoms with Crippen LogP contribution in [0.2, 0.25) is 0 Å². The van der Waals surface area contributed by atoms with E-state index in [2.05, 4.69) is 20.8 Å². The molecule has 5 nitrogen and oxygen atoms in total. The lowest BCUT2D eigenvalue weighted by molar-refractivity contribution is -0.172. The fourth-order valence-electron chi connectivity index (χ4n) is 9.23. The van der Waals surface area contributed by atoms with Crippen molar-refractivity contribution in [1.29, 1.82) is 0 Å². The maximum Gasteiger partial charge on any atom is 0.265 e. The zero-order valence-corrected chi connectivity index (χ0v) is 22.4. The van der Waals surface area contributed by atoms with Gasteiger partial charge in [0.2, 0.25) is 0 Å². The second kappa shape index (κ2) is 9.91. The molecule has 0 bridgehead atoms. The summed E-state index contributed by atoms with van der Waals surface area (Å²) in [4.78, 5) is 0. The topological polar surface area (TPSA) is 94.8 Å². The molecule has 4 fully saturated rings. The number of thioether (sulfide) groups is 1. The molecule has 4 aliphatic carbocycles. The third kappa shape index (κ3) is 5.19. The van der Waals surface area contributed by atoms with Crippen molar-refractivity contribution in [2.24, 2.45) is 46.3 Å². The van der Waals surface area contributed by atoms with Crippen molar-refractivity contribution in [2.45, 2.75) is 97.2 Å². The van der Waals surface area contributed by atoms with Gasteiger partial charge in [0.1, 0.15) is 0 Å². The first-order chi connectivity index (χ1) is 15.5. The van der Waals surface area contributed by atoms with E-state index in [1.807, 2.05) is 0 Å². The Kier molecular flexibility index (Phi) is 7.88. The normalized spacial score (nSPS) is 46.3. The van der Waals surface area contributed by atoms with E-state index in [0.717, 1.165) is 43.8 Å². The Morgan fingerprint density at radius 3 is 2.36 bits per heavy atom. The number of fused-ring (bicyclic) bond motifs is 5. The zero-order valence-electron chi connectivity index (χ0n) is 20.8. The highest BCUT2D eigenvalue weighted by Crippen LogP contribution is 2.68. The lowest BCUT2D eigenvalue weighted by Crippen LogP contribution is -2.58. The van der Waals surface area contributed by atoms with E-state index >= 15 is 0 Å². The van der Waals surface area contributed by atoms with Crippen LogP contribution < -0.4 is 0 Å². The predicted molar refractivity (Wildman–Crippen MR) is 135 cm³/mol. The molecule has 7 heteroatoms. The first-order valence-corrected chi connectivity index (χ1v) is 16.1. The van der Waals surface area contributed by atoms with Crippen molar-refractivity contribution in [3.05, 3.63) is 0 Å². The molecule has 3 N–H and O–H groups in total. The van der Waals surface area contributed by atoms with Crippen LogP contribution in [0, 0.1) is 46.3 Å². The van der Waals surface area contributed by atoms with Gasteiger partial charge in [0.05, 0.1) is 18.0 Å². The van der Waals surface area contributed by atoms with E-state index < -0.39 is 10.1 Å². The fraction of sp³-hybridized carbons (Fsp3) is 1.00. The molecule has 10 atom stereocenters. The van der Waals surface area contributed by atoms with Crippen LogP contribution in [0.1, 0.15) is 85.0 Å². The molecule has 4 aliphatic rings. The number of hydrogen-bond donors (Lipinski definition) is 3. The molecule has 0 heterocycles. The number of rotatable bonds is 8. The Labute approximate surface area is 205 Å². The van der Waals surface area contributed by atoms with Gasteiger partial charge >= 0.3 is 0 Å². The minimum Gasteiger partial charge on any atom is -0.393 e. The summed E-state index contributed by atoms with van der Waals surface area (Å²) in [5.41, 5.74) is 0.557. The predicted octanol–water partition coefficient (Wildman–Crippen LogP) is 5.01. The minimum absolute atomic E-state index is 0.150. The third-order valence-corrected chi connectivity index (χ3v) is 12.9. The van der Waals surface area contributed by atoms with E-state index in [-0.39, 0.29) is 29.3 Å². The first kappa shape index (κ1) is 26.2. The van der Waals surface area contributed by atoms with Crippen LogP contribution in [-0.4, -0.2) is 52.7 Å². The molecule has 0 aromatic rings. The standard InChI is InChI=1S/C26H46O5S2/c1-17(5-4-12-32-13-14-33(29,30)31)20-6-7-21-19-16-24(28)23-15-18(27)8-10-26(23,3)22(19)9-11-25(20,21)2/h17-24,27-28H,4-16H2,1-3H3,(H,29,30,31). The summed E-state index contributed by atoms with van der Waals surface area (Å²) in [5, 5.41) is 21.4. The van der Waals surface area contributed by atoms with E-state index in [1.165, 1.54) is 32.1 Å². The van der Waals surface area contributed by atoms with E-state index in [1.54, 1.807) is 11.8 Å². The summed E-state index contributed by atoms with van der Waals surface area (Å²) in [6.45, 7) is 7.40. The fourth-order valence-corrected chi connectivity index (χ4v) is 11.1. The molecule has 0 aromatic carbocycles. The van der Waals surface area contributed by atoms with Gasteiger partial charge in [0, 0.05) is 5.75 Å². The van der Waals surface area contributed by atoms with E-state index in [9.17, 15) is 18.6 Å². The molecule has 4 rings (SSSR count). The van der Waals surface area contributed by atoms with Crippen LogP contribution in [0.4, 0.5) is 0 Å². The highest BCUT2D eigenvalue weighted by atomic mass is 32.2. The highest BCUT2D eigenvalue weighted by Gasteiger charge is 2.62. The van der Waals surface area contributed by atoms with Gasteiger partial charge in [-0.05, 0) is 116 Å². The van der Waals surface area contributed by atoms with Crippen molar-refractivity contribution in [1.82, 2.24) is 0 Å². The largest absolute Gasteiger partial charge is 0.393 e. The molecule has 0 radical (unpaired) electrons. The molecule has 0 saturated heterocycles. The number of aliphatic hydroxyl groups is 2. The lowest BCUT2D eigenvalue weighted by atomic mass is 9.44. The summed E-state index contributed by atoms with van der Waals surface area (Å²) < 4.78 is 30.6. The second-order valence-corrected chi connectivity index (χ2v) is 15.3. The van der Waals surface area contributed by atoms with Gasteiger partial charge < -0.3 is 10.2 Å². The molecule has 0 aromatic heterocycles. The molecule has 0 amide bonds. The lowest BCUT2D eigenvalue weighted by Gasteiger charge is -2.62. The average Bonchev–Trinajstić information content (AvgIpc) is 3.08. The van der Waals surface area contributed by atoms with Gasteiger partial charge in [-0.2, -0.15) is 20.2 Å². The van der Waals surface area contributed by atoms with Gasteiger partial charge in [0.25, 0.3) is 10.1 Å². The second-order valence-electron chi connectivity index (χ2n) is 12.5. The van der Waals surface area contributed by atoms with Crippen molar-refractivity contribution >= 4 is 21.9 Å². The van der Waals surface area contributed by atoms with Gasteiger partial charge in [-0.15, -0.1) is 0 Å². The molecule has 192 valence electrons. The van der Waals surface area contributed by atoms with E-state index in [4.69, 9.17) is 4.55 Å². The molecular weight excluding hydrogens is 456 g/mol. The third-order valence-electron chi connectivity index (χ3n) is 10.8. The van der Waals surface area contributed by atoms with Crippen molar-refractivity contribution in [3.8, 4) is 0 Å². The monoisotopic (exact) mass is 502 g/mol. The first-order valence-electron chi connectivity index (χ1n) is 13.3. The molecule has 0 spiro atoms. The van der Waals surface area contributed by atoms with Crippen LogP contribution in [0.15, 0.2) is 0 Å². The Morgan fingerprint density at radius 2 is 1.64 bits per heavy atom. The van der Waals surface area contributed by atoms with Gasteiger partial charge in [-0.25, -0.2) is 0 Å². The molecular formula is C26H46O5S2. The number of hydrogen-bond acceptors (Lipinski definition) is 5. The van der Waals surface area contributed by atoms with Crippen LogP contribution in [-0.2, 0) is 10.1 Å². The average molecular weight is 503 g/mol.